The van der Waals surface area contributed by atoms with Crippen LogP contribution in [0, 0.1) is 0 Å². The molecule has 0 spiro atoms. The highest BCUT2D eigenvalue weighted by molar-refractivity contribution is 7.95. The normalized spacial score (nSPS) is 15.0. The Hall–Kier alpha value is -2.32. The van der Waals surface area contributed by atoms with Crippen LogP contribution in [0.4, 0.5) is 16.3 Å². The SMILES string of the molecule is CNC(=O)Nc1ccc(-c2nc(N)cc(C3(SO)CC3)n2)cc1. The first kappa shape index (κ1) is 15.6. The molecule has 3 rings (SSSR count). The summed E-state index contributed by atoms with van der Waals surface area (Å²) < 4.78 is 9.13. The Morgan fingerprint density at radius 2 is 2.00 bits per heavy atom. The maximum atomic E-state index is 11.3. The molecule has 0 radical (unpaired) electrons. The zero-order valence-electron chi connectivity index (χ0n) is 12.5. The van der Waals surface area contributed by atoms with Gasteiger partial charge in [0.15, 0.2) is 5.82 Å². The van der Waals surface area contributed by atoms with Gasteiger partial charge in [0.25, 0.3) is 0 Å². The number of anilines is 2. The summed E-state index contributed by atoms with van der Waals surface area (Å²) in [7, 11) is 1.55. The molecule has 7 nitrogen and oxygen atoms in total. The minimum atomic E-state index is -0.341. The summed E-state index contributed by atoms with van der Waals surface area (Å²) in [5, 5.41) is 5.17. The number of amides is 2. The average molecular weight is 331 g/mol. The average Bonchev–Trinajstić information content (AvgIpc) is 3.36. The zero-order valence-corrected chi connectivity index (χ0v) is 13.4. The Morgan fingerprint density at radius 1 is 1.30 bits per heavy atom. The van der Waals surface area contributed by atoms with E-state index >= 15 is 0 Å². The maximum absolute atomic E-state index is 11.3. The summed E-state index contributed by atoms with van der Waals surface area (Å²) in [5.74, 6) is 0.879. The van der Waals surface area contributed by atoms with Crippen LogP contribution < -0.4 is 16.4 Å². The summed E-state index contributed by atoms with van der Waals surface area (Å²) in [5.41, 5.74) is 8.09. The Morgan fingerprint density at radius 3 is 2.57 bits per heavy atom. The van der Waals surface area contributed by atoms with Crippen LogP contribution in [0.3, 0.4) is 0 Å². The predicted molar refractivity (Wildman–Crippen MR) is 91.1 cm³/mol. The van der Waals surface area contributed by atoms with E-state index in [4.69, 9.17) is 5.73 Å². The van der Waals surface area contributed by atoms with Gasteiger partial charge in [0.1, 0.15) is 5.82 Å². The number of aromatic nitrogens is 2. The molecule has 0 atom stereocenters. The second-order valence-corrected chi connectivity index (χ2v) is 6.33. The molecular weight excluding hydrogens is 314 g/mol. The van der Waals surface area contributed by atoms with Gasteiger partial charge in [-0.15, -0.1) is 0 Å². The first-order valence-electron chi connectivity index (χ1n) is 7.13. The summed E-state index contributed by atoms with van der Waals surface area (Å²) >= 11 is 0.815. The fraction of sp³-hybridized carbons (Fsp3) is 0.267. The lowest BCUT2D eigenvalue weighted by Crippen LogP contribution is -2.24. The van der Waals surface area contributed by atoms with E-state index in [-0.39, 0.29) is 10.8 Å². The lowest BCUT2D eigenvalue weighted by molar-refractivity contribution is 0.254. The molecular formula is C15H17N5O2S. The van der Waals surface area contributed by atoms with Crippen molar-refractivity contribution in [2.45, 2.75) is 17.6 Å². The zero-order chi connectivity index (χ0) is 16.4. The van der Waals surface area contributed by atoms with Gasteiger partial charge in [-0.2, -0.15) is 0 Å². The molecule has 1 aliphatic carbocycles. The number of hydrogen-bond donors (Lipinski definition) is 4. The summed E-state index contributed by atoms with van der Waals surface area (Å²) in [6.07, 6.45) is 1.75. The van der Waals surface area contributed by atoms with E-state index in [0.717, 1.165) is 36.1 Å². The van der Waals surface area contributed by atoms with Gasteiger partial charge in [-0.05, 0) is 37.1 Å². The highest BCUT2D eigenvalue weighted by Gasteiger charge is 2.47. The second-order valence-electron chi connectivity index (χ2n) is 5.37. The number of nitrogens with zero attached hydrogens (tertiary/aromatic N) is 2. The van der Waals surface area contributed by atoms with Gasteiger partial charge in [-0.1, -0.05) is 0 Å². The molecule has 1 aromatic heterocycles. The van der Waals surface area contributed by atoms with Crippen LogP contribution >= 0.6 is 12.0 Å². The monoisotopic (exact) mass is 331 g/mol. The molecule has 2 amide bonds. The lowest BCUT2D eigenvalue weighted by Gasteiger charge is -2.12. The van der Waals surface area contributed by atoms with Crippen LogP contribution in [0.15, 0.2) is 30.3 Å². The van der Waals surface area contributed by atoms with E-state index in [2.05, 4.69) is 20.6 Å². The number of rotatable bonds is 4. The quantitative estimate of drug-likeness (QED) is 0.641. The molecule has 0 aliphatic heterocycles. The number of carbonyl (C=O) groups excluding carboxylic acids is 1. The standard InChI is InChI=1S/C15H17N5O2S/c1-17-14(21)18-10-4-2-9(3-5-10)13-19-11(8-12(16)20-13)15(23-22)6-7-15/h2-5,8,22H,6-7H2,1H3,(H2,16,19,20)(H2,17,18,21). The van der Waals surface area contributed by atoms with Gasteiger partial charge >= 0.3 is 6.03 Å². The number of hydrogen-bond acceptors (Lipinski definition) is 6. The Balaban J connectivity index is 1.88. The third kappa shape index (κ3) is 3.22. The number of nitrogen functional groups attached to an aromatic ring is 1. The molecule has 8 heteroatoms. The molecule has 120 valence electrons. The number of benzene rings is 1. The predicted octanol–water partition coefficient (Wildman–Crippen LogP) is 2.67. The molecule has 23 heavy (non-hydrogen) atoms. The van der Waals surface area contributed by atoms with Gasteiger partial charge in [-0.25, -0.2) is 14.8 Å². The van der Waals surface area contributed by atoms with E-state index in [9.17, 15) is 9.35 Å². The Kier molecular flexibility index (Phi) is 4.10. The highest BCUT2D eigenvalue weighted by Crippen LogP contribution is 2.55. The van der Waals surface area contributed by atoms with Crippen molar-refractivity contribution in [2.24, 2.45) is 0 Å². The second kappa shape index (κ2) is 6.05. The van der Waals surface area contributed by atoms with Crippen molar-refractivity contribution in [2.75, 3.05) is 18.1 Å². The lowest BCUT2D eigenvalue weighted by atomic mass is 10.1. The number of nitrogens with one attached hydrogen (secondary N) is 2. The first-order valence-corrected chi connectivity index (χ1v) is 7.90. The molecule has 0 saturated heterocycles. The molecule has 1 aromatic carbocycles. The van der Waals surface area contributed by atoms with Gasteiger partial charge in [0.2, 0.25) is 0 Å². The summed E-state index contributed by atoms with van der Waals surface area (Å²) in [6.45, 7) is 0. The molecule has 1 aliphatic rings. The van der Waals surface area contributed by atoms with Crippen LogP contribution in [-0.4, -0.2) is 27.6 Å². The highest BCUT2D eigenvalue weighted by atomic mass is 32.2. The van der Waals surface area contributed by atoms with Crippen LogP contribution in [-0.2, 0) is 4.75 Å². The number of nitrogens with two attached hydrogens (primary N) is 1. The van der Waals surface area contributed by atoms with Crippen molar-refractivity contribution in [3.63, 3.8) is 0 Å². The maximum Gasteiger partial charge on any atom is 0.318 e. The van der Waals surface area contributed by atoms with Crippen molar-refractivity contribution in [3.05, 3.63) is 36.0 Å². The third-order valence-corrected chi connectivity index (χ3v) is 4.69. The Labute approximate surface area is 137 Å². The van der Waals surface area contributed by atoms with Crippen molar-refractivity contribution in [3.8, 4) is 11.4 Å². The summed E-state index contributed by atoms with van der Waals surface area (Å²) in [6, 6.07) is 8.59. The Bertz CT molecular complexity index is 731. The molecule has 0 bridgehead atoms. The van der Waals surface area contributed by atoms with Crippen LogP contribution in [0.25, 0.3) is 11.4 Å². The third-order valence-electron chi connectivity index (χ3n) is 3.72. The van der Waals surface area contributed by atoms with Crippen molar-refractivity contribution in [1.82, 2.24) is 15.3 Å². The van der Waals surface area contributed by atoms with Gasteiger partial charge in [-0.3, -0.25) is 0 Å². The smallest absolute Gasteiger partial charge is 0.318 e. The topological polar surface area (TPSA) is 113 Å². The number of carbonyl (C=O) groups is 1. The van der Waals surface area contributed by atoms with E-state index in [0.29, 0.717) is 17.3 Å². The number of urea groups is 1. The first-order chi connectivity index (χ1) is 11.1. The van der Waals surface area contributed by atoms with Crippen LogP contribution in [0.5, 0.6) is 0 Å². The molecule has 1 heterocycles. The van der Waals surface area contributed by atoms with E-state index < -0.39 is 0 Å². The summed E-state index contributed by atoms with van der Waals surface area (Å²) in [4.78, 5) is 20.1. The molecule has 0 unspecified atom stereocenters. The van der Waals surface area contributed by atoms with Gasteiger partial charge in [0, 0.05) is 36.4 Å². The molecule has 2 aromatic rings. The fourth-order valence-electron chi connectivity index (χ4n) is 2.23. The van der Waals surface area contributed by atoms with E-state index in [1.807, 2.05) is 12.1 Å². The minimum Gasteiger partial charge on any atom is -0.384 e. The fourth-order valence-corrected chi connectivity index (χ4v) is 2.72. The molecule has 1 saturated carbocycles. The molecule has 5 N–H and O–H groups in total. The van der Waals surface area contributed by atoms with E-state index in [1.165, 1.54) is 0 Å². The minimum absolute atomic E-state index is 0.282. The molecule has 1 fully saturated rings. The van der Waals surface area contributed by atoms with Crippen molar-refractivity contribution >= 4 is 29.6 Å². The van der Waals surface area contributed by atoms with Crippen molar-refractivity contribution < 1.29 is 9.35 Å². The van der Waals surface area contributed by atoms with Gasteiger partial charge in [0.05, 0.1) is 10.4 Å². The van der Waals surface area contributed by atoms with Gasteiger partial charge < -0.3 is 20.9 Å². The van der Waals surface area contributed by atoms with Crippen LogP contribution in [0.2, 0.25) is 0 Å². The largest absolute Gasteiger partial charge is 0.384 e. The van der Waals surface area contributed by atoms with Crippen LogP contribution in [0.1, 0.15) is 18.5 Å². The van der Waals surface area contributed by atoms with Crippen molar-refractivity contribution in [1.29, 1.82) is 0 Å². The van der Waals surface area contributed by atoms with E-state index in [1.54, 1.807) is 25.2 Å².